The number of rotatable bonds is 5. The molecule has 2 aromatic heterocycles. The average molecular weight is 337 g/mol. The van der Waals surface area contributed by atoms with Crippen molar-refractivity contribution in [2.45, 2.75) is 25.9 Å². The third kappa shape index (κ3) is 2.85. The van der Waals surface area contributed by atoms with Crippen LogP contribution in [-0.4, -0.2) is 21.3 Å². The number of hydrogen-bond donors (Lipinski definition) is 3. The van der Waals surface area contributed by atoms with Gasteiger partial charge in [0.15, 0.2) is 5.76 Å². The van der Waals surface area contributed by atoms with Crippen molar-refractivity contribution in [2.24, 2.45) is 5.92 Å². The van der Waals surface area contributed by atoms with Gasteiger partial charge in [0, 0.05) is 18.2 Å². The minimum absolute atomic E-state index is 0.213. The first-order valence-electron chi connectivity index (χ1n) is 8.26. The summed E-state index contributed by atoms with van der Waals surface area (Å²) in [6, 6.07) is 11.5. The standard InChI is InChI=1S/C19H19N3O3/c1-11-6-7-16(25-11)17-13(10-21-22-17)9-20-18-14-5-3-2-4-12(14)8-15(18)19(23)24/h2-7,10,15,18,20H,8-9H2,1H3,(H,21,22)(H,23,24)/t15-,18+/m1/s1. The molecular formula is C19H19N3O3. The lowest BCUT2D eigenvalue weighted by molar-refractivity contribution is -0.142. The van der Waals surface area contributed by atoms with E-state index in [4.69, 9.17) is 4.42 Å². The van der Waals surface area contributed by atoms with Crippen LogP contribution in [0.4, 0.5) is 0 Å². The quantitative estimate of drug-likeness (QED) is 0.665. The number of hydrogen-bond acceptors (Lipinski definition) is 4. The van der Waals surface area contributed by atoms with Gasteiger partial charge in [-0.3, -0.25) is 9.89 Å². The lowest BCUT2D eigenvalue weighted by Gasteiger charge is -2.19. The summed E-state index contributed by atoms with van der Waals surface area (Å²) in [6.45, 7) is 2.40. The molecule has 1 aromatic carbocycles. The molecule has 0 amide bonds. The van der Waals surface area contributed by atoms with Crippen LogP contribution in [0, 0.1) is 12.8 Å². The van der Waals surface area contributed by atoms with Gasteiger partial charge in [-0.2, -0.15) is 5.10 Å². The van der Waals surface area contributed by atoms with Crippen LogP contribution in [0.2, 0.25) is 0 Å². The van der Waals surface area contributed by atoms with Crippen molar-refractivity contribution in [1.29, 1.82) is 0 Å². The van der Waals surface area contributed by atoms with E-state index in [0.29, 0.717) is 13.0 Å². The van der Waals surface area contributed by atoms with Crippen LogP contribution in [0.1, 0.15) is 28.5 Å². The Kier molecular flexibility index (Phi) is 3.89. The fraction of sp³-hybridized carbons (Fsp3) is 0.263. The number of aliphatic carboxylic acids is 1. The first kappa shape index (κ1) is 15.7. The van der Waals surface area contributed by atoms with Gasteiger partial charge in [-0.05, 0) is 36.6 Å². The second-order valence-corrected chi connectivity index (χ2v) is 6.39. The van der Waals surface area contributed by atoms with Crippen LogP contribution in [0.15, 0.2) is 47.0 Å². The Labute approximate surface area is 144 Å². The second-order valence-electron chi connectivity index (χ2n) is 6.39. The zero-order valence-electron chi connectivity index (χ0n) is 13.8. The molecule has 0 radical (unpaired) electrons. The molecule has 0 aliphatic heterocycles. The molecule has 0 saturated heterocycles. The van der Waals surface area contributed by atoms with E-state index in [2.05, 4.69) is 15.5 Å². The zero-order valence-corrected chi connectivity index (χ0v) is 13.8. The highest BCUT2D eigenvalue weighted by molar-refractivity contribution is 5.73. The Morgan fingerprint density at radius 2 is 2.20 bits per heavy atom. The fourth-order valence-corrected chi connectivity index (χ4v) is 3.52. The molecule has 6 heteroatoms. The van der Waals surface area contributed by atoms with E-state index in [1.54, 1.807) is 6.20 Å². The van der Waals surface area contributed by atoms with Gasteiger partial charge in [-0.1, -0.05) is 24.3 Å². The summed E-state index contributed by atoms with van der Waals surface area (Å²) in [7, 11) is 0. The predicted molar refractivity (Wildman–Crippen MR) is 91.9 cm³/mol. The molecule has 4 rings (SSSR count). The number of benzene rings is 1. The first-order chi connectivity index (χ1) is 12.1. The Hall–Kier alpha value is -2.86. The van der Waals surface area contributed by atoms with E-state index >= 15 is 0 Å². The molecule has 6 nitrogen and oxygen atoms in total. The summed E-state index contributed by atoms with van der Waals surface area (Å²) in [5.41, 5.74) is 3.93. The second kappa shape index (κ2) is 6.22. The molecule has 0 unspecified atom stereocenters. The lowest BCUT2D eigenvalue weighted by atomic mass is 10.0. The number of carboxylic acids is 1. The van der Waals surface area contributed by atoms with E-state index in [9.17, 15) is 9.90 Å². The molecule has 25 heavy (non-hydrogen) atoms. The summed E-state index contributed by atoms with van der Waals surface area (Å²) < 4.78 is 5.66. The SMILES string of the molecule is Cc1ccc(-c2[nH]ncc2CN[C@H]2c3ccccc3C[C@H]2C(=O)O)o1. The highest BCUT2D eigenvalue weighted by Crippen LogP contribution is 2.36. The van der Waals surface area contributed by atoms with Crippen LogP contribution in [0.3, 0.4) is 0 Å². The van der Waals surface area contributed by atoms with Crippen LogP contribution >= 0.6 is 0 Å². The molecule has 3 N–H and O–H groups in total. The van der Waals surface area contributed by atoms with Crippen molar-refractivity contribution in [3.8, 4) is 11.5 Å². The van der Waals surface area contributed by atoms with Gasteiger partial charge in [0.1, 0.15) is 11.5 Å². The summed E-state index contributed by atoms with van der Waals surface area (Å²) >= 11 is 0. The minimum Gasteiger partial charge on any atom is -0.481 e. The smallest absolute Gasteiger partial charge is 0.308 e. The Morgan fingerprint density at radius 1 is 1.36 bits per heavy atom. The normalized spacial score (nSPS) is 19.1. The molecule has 2 heterocycles. The van der Waals surface area contributed by atoms with E-state index in [-0.39, 0.29) is 6.04 Å². The van der Waals surface area contributed by atoms with Gasteiger partial charge >= 0.3 is 5.97 Å². The first-order valence-corrected chi connectivity index (χ1v) is 8.26. The van der Waals surface area contributed by atoms with Crippen LogP contribution < -0.4 is 5.32 Å². The molecule has 1 aliphatic rings. The summed E-state index contributed by atoms with van der Waals surface area (Å²) in [4.78, 5) is 11.7. The number of fused-ring (bicyclic) bond motifs is 1. The number of nitrogens with one attached hydrogen (secondary N) is 2. The zero-order chi connectivity index (χ0) is 17.4. The molecule has 0 spiro atoms. The number of nitrogens with zero attached hydrogens (tertiary/aromatic N) is 1. The van der Waals surface area contributed by atoms with Crippen LogP contribution in [-0.2, 0) is 17.8 Å². The number of aromatic amines is 1. The number of furan rings is 1. The van der Waals surface area contributed by atoms with E-state index in [1.807, 2.05) is 43.3 Å². The number of carbonyl (C=O) groups is 1. The lowest BCUT2D eigenvalue weighted by Crippen LogP contribution is -2.29. The van der Waals surface area contributed by atoms with E-state index in [1.165, 1.54) is 0 Å². The van der Waals surface area contributed by atoms with Crippen molar-refractivity contribution < 1.29 is 14.3 Å². The van der Waals surface area contributed by atoms with Gasteiger partial charge in [0.2, 0.25) is 0 Å². The highest BCUT2D eigenvalue weighted by Gasteiger charge is 2.36. The third-order valence-corrected chi connectivity index (χ3v) is 4.77. The maximum Gasteiger partial charge on any atom is 0.308 e. The average Bonchev–Trinajstić information content (AvgIpc) is 3.30. The fourth-order valence-electron chi connectivity index (χ4n) is 3.52. The maximum atomic E-state index is 11.7. The Bertz CT molecular complexity index is 912. The molecule has 0 saturated carbocycles. The van der Waals surface area contributed by atoms with Crippen molar-refractivity contribution >= 4 is 5.97 Å². The van der Waals surface area contributed by atoms with Crippen LogP contribution in [0.5, 0.6) is 0 Å². The van der Waals surface area contributed by atoms with E-state index < -0.39 is 11.9 Å². The van der Waals surface area contributed by atoms with E-state index in [0.717, 1.165) is 33.9 Å². The molecule has 0 bridgehead atoms. The largest absolute Gasteiger partial charge is 0.481 e. The monoisotopic (exact) mass is 337 g/mol. The van der Waals surface area contributed by atoms with Crippen LogP contribution in [0.25, 0.3) is 11.5 Å². The molecule has 1 aliphatic carbocycles. The molecule has 3 aromatic rings. The number of H-pyrrole nitrogens is 1. The summed E-state index contributed by atoms with van der Waals surface area (Å²) in [6.07, 6.45) is 2.30. The van der Waals surface area contributed by atoms with Gasteiger partial charge in [0.25, 0.3) is 0 Å². The van der Waals surface area contributed by atoms with Crippen molar-refractivity contribution in [3.05, 3.63) is 65.0 Å². The van der Waals surface area contributed by atoms with Crippen molar-refractivity contribution in [2.75, 3.05) is 0 Å². The van der Waals surface area contributed by atoms with Gasteiger partial charge in [-0.15, -0.1) is 0 Å². The number of aromatic nitrogens is 2. The summed E-state index contributed by atoms with van der Waals surface area (Å²) in [5, 5.41) is 20.1. The van der Waals surface area contributed by atoms with Gasteiger partial charge in [0.05, 0.1) is 12.1 Å². The molecule has 128 valence electrons. The molecule has 2 atom stereocenters. The Morgan fingerprint density at radius 3 is 2.96 bits per heavy atom. The van der Waals surface area contributed by atoms with Gasteiger partial charge in [-0.25, -0.2) is 0 Å². The Balaban J connectivity index is 1.57. The highest BCUT2D eigenvalue weighted by atomic mass is 16.4. The number of carboxylic acid groups (broad SMARTS) is 1. The maximum absolute atomic E-state index is 11.7. The topological polar surface area (TPSA) is 91.2 Å². The third-order valence-electron chi connectivity index (χ3n) is 4.77. The predicted octanol–water partition coefficient (Wildman–Crippen LogP) is 3.07. The number of aryl methyl sites for hydroxylation is 1. The molecular weight excluding hydrogens is 318 g/mol. The summed E-state index contributed by atoms with van der Waals surface area (Å²) in [5.74, 6) is 0.328. The molecule has 0 fully saturated rings. The van der Waals surface area contributed by atoms with Crippen molar-refractivity contribution in [1.82, 2.24) is 15.5 Å². The minimum atomic E-state index is -0.775. The van der Waals surface area contributed by atoms with Gasteiger partial charge < -0.3 is 14.8 Å². The van der Waals surface area contributed by atoms with Crippen molar-refractivity contribution in [3.63, 3.8) is 0 Å².